The van der Waals surface area contributed by atoms with Gasteiger partial charge in [-0.05, 0) is 18.2 Å². The van der Waals surface area contributed by atoms with Crippen molar-refractivity contribution in [1.82, 2.24) is 20.1 Å². The summed E-state index contributed by atoms with van der Waals surface area (Å²) in [5, 5.41) is 8.08. The van der Waals surface area contributed by atoms with Gasteiger partial charge in [0.2, 0.25) is 0 Å². The fourth-order valence-corrected chi connectivity index (χ4v) is 2.30. The first-order valence-electron chi connectivity index (χ1n) is 6.77. The lowest BCUT2D eigenvalue weighted by molar-refractivity contribution is 0.0950. The van der Waals surface area contributed by atoms with Gasteiger partial charge < -0.3 is 16.0 Å². The summed E-state index contributed by atoms with van der Waals surface area (Å²) in [7, 11) is 1.87. The number of hydrogen-bond donors (Lipinski definition) is 3. The molecule has 0 spiro atoms. The quantitative estimate of drug-likeness (QED) is 0.633. The molecule has 0 radical (unpaired) electrons. The number of nitrogens with zero attached hydrogens (tertiary/aromatic N) is 2. The van der Waals surface area contributed by atoms with E-state index in [0.717, 1.165) is 16.6 Å². The molecule has 0 bridgehead atoms. The number of amides is 1. The maximum absolute atomic E-state index is 12.1. The summed E-state index contributed by atoms with van der Waals surface area (Å²) in [5.41, 5.74) is 8.79. The number of nitrogen functional groups attached to an aromatic ring is 1. The molecule has 0 saturated carbocycles. The Morgan fingerprint density at radius 1 is 1.43 bits per heavy atom. The maximum Gasteiger partial charge on any atom is 0.267 e. The molecular formula is C15H17N5O. The molecule has 3 rings (SSSR count). The van der Waals surface area contributed by atoms with E-state index in [0.29, 0.717) is 24.3 Å². The Balaban J connectivity index is 1.65. The fraction of sp³-hybridized carbons (Fsp3) is 0.200. The van der Waals surface area contributed by atoms with E-state index in [1.54, 1.807) is 4.68 Å². The topological polar surface area (TPSA) is 88.7 Å². The van der Waals surface area contributed by atoms with E-state index in [1.807, 2.05) is 43.6 Å². The van der Waals surface area contributed by atoms with Crippen molar-refractivity contribution in [3.05, 3.63) is 47.9 Å². The minimum absolute atomic E-state index is 0.137. The monoisotopic (exact) mass is 283 g/mol. The number of anilines is 1. The van der Waals surface area contributed by atoms with Crippen molar-refractivity contribution in [3.8, 4) is 0 Å². The van der Waals surface area contributed by atoms with Gasteiger partial charge in [-0.15, -0.1) is 0 Å². The highest BCUT2D eigenvalue weighted by Crippen LogP contribution is 2.20. The van der Waals surface area contributed by atoms with Crippen LogP contribution in [0.4, 0.5) is 5.69 Å². The van der Waals surface area contributed by atoms with Gasteiger partial charge in [-0.3, -0.25) is 9.48 Å². The molecule has 0 aliphatic heterocycles. The second-order valence-electron chi connectivity index (χ2n) is 4.98. The third kappa shape index (κ3) is 2.74. The number of para-hydroxylation sites is 1. The van der Waals surface area contributed by atoms with Crippen LogP contribution >= 0.6 is 0 Å². The van der Waals surface area contributed by atoms with Gasteiger partial charge in [0.1, 0.15) is 5.69 Å². The van der Waals surface area contributed by atoms with Crippen LogP contribution in [0.1, 0.15) is 16.2 Å². The molecule has 4 N–H and O–H groups in total. The van der Waals surface area contributed by atoms with Crippen LogP contribution in [0.2, 0.25) is 0 Å². The molecule has 6 nitrogen and oxygen atoms in total. The van der Waals surface area contributed by atoms with Crippen LogP contribution in [-0.4, -0.2) is 27.2 Å². The van der Waals surface area contributed by atoms with Gasteiger partial charge in [-0.1, -0.05) is 12.1 Å². The van der Waals surface area contributed by atoms with E-state index >= 15 is 0 Å². The zero-order chi connectivity index (χ0) is 14.8. The highest BCUT2D eigenvalue weighted by Gasteiger charge is 2.10. The number of fused-ring (bicyclic) bond motifs is 1. The van der Waals surface area contributed by atoms with E-state index < -0.39 is 0 Å². The molecule has 0 aliphatic rings. The second kappa shape index (κ2) is 5.32. The molecule has 2 aromatic heterocycles. The number of hydrogen-bond acceptors (Lipinski definition) is 3. The second-order valence-corrected chi connectivity index (χ2v) is 4.98. The number of aryl methyl sites for hydroxylation is 1. The lowest BCUT2D eigenvalue weighted by atomic mass is 10.2. The van der Waals surface area contributed by atoms with Crippen LogP contribution in [0.15, 0.2) is 36.5 Å². The maximum atomic E-state index is 12.1. The summed E-state index contributed by atoms with van der Waals surface area (Å²) >= 11 is 0. The molecule has 0 atom stereocenters. The number of nitrogens with two attached hydrogens (primary N) is 1. The number of aromatic nitrogens is 3. The fourth-order valence-electron chi connectivity index (χ4n) is 2.30. The van der Waals surface area contributed by atoms with Crippen LogP contribution in [0.3, 0.4) is 0 Å². The van der Waals surface area contributed by atoms with Gasteiger partial charge in [0, 0.05) is 31.6 Å². The van der Waals surface area contributed by atoms with E-state index in [2.05, 4.69) is 15.4 Å². The van der Waals surface area contributed by atoms with Crippen LogP contribution < -0.4 is 11.1 Å². The Kier molecular flexibility index (Phi) is 3.35. The Morgan fingerprint density at radius 2 is 2.29 bits per heavy atom. The van der Waals surface area contributed by atoms with Crippen molar-refractivity contribution in [2.24, 2.45) is 7.05 Å². The molecule has 1 amide bonds. The first kappa shape index (κ1) is 13.2. The largest absolute Gasteiger partial charge is 0.397 e. The van der Waals surface area contributed by atoms with Crippen LogP contribution in [-0.2, 0) is 13.5 Å². The zero-order valence-corrected chi connectivity index (χ0v) is 11.8. The molecule has 2 heterocycles. The normalized spacial score (nSPS) is 10.9. The smallest absolute Gasteiger partial charge is 0.267 e. The summed E-state index contributed by atoms with van der Waals surface area (Å²) in [4.78, 5) is 15.2. The van der Waals surface area contributed by atoms with Gasteiger partial charge in [-0.25, -0.2) is 0 Å². The Labute approximate surface area is 121 Å². The summed E-state index contributed by atoms with van der Waals surface area (Å²) < 4.78 is 1.75. The zero-order valence-electron chi connectivity index (χ0n) is 11.8. The van der Waals surface area contributed by atoms with E-state index in [4.69, 9.17) is 5.73 Å². The number of carbonyl (C=O) groups is 1. The SMILES string of the molecule is Cn1ccc(CCNC(=O)c2cc3cccc(N)c3[nH]2)n1. The highest BCUT2D eigenvalue weighted by molar-refractivity contribution is 6.00. The third-order valence-electron chi connectivity index (χ3n) is 3.37. The van der Waals surface area contributed by atoms with Crippen molar-refractivity contribution in [2.75, 3.05) is 12.3 Å². The predicted octanol–water partition coefficient (Wildman–Crippen LogP) is 1.46. The minimum atomic E-state index is -0.137. The van der Waals surface area contributed by atoms with Crippen molar-refractivity contribution < 1.29 is 4.79 Å². The number of carbonyl (C=O) groups excluding carboxylic acids is 1. The number of aromatic amines is 1. The molecular weight excluding hydrogens is 266 g/mol. The Hall–Kier alpha value is -2.76. The minimum Gasteiger partial charge on any atom is -0.397 e. The summed E-state index contributed by atoms with van der Waals surface area (Å²) in [6, 6.07) is 9.35. The first-order chi connectivity index (χ1) is 10.1. The molecule has 21 heavy (non-hydrogen) atoms. The molecule has 108 valence electrons. The van der Waals surface area contributed by atoms with Crippen molar-refractivity contribution in [3.63, 3.8) is 0 Å². The van der Waals surface area contributed by atoms with Gasteiger partial charge in [0.05, 0.1) is 16.9 Å². The molecule has 0 aliphatic carbocycles. The summed E-state index contributed by atoms with van der Waals surface area (Å²) in [5.74, 6) is -0.137. The molecule has 0 fully saturated rings. The number of benzene rings is 1. The van der Waals surface area contributed by atoms with E-state index in [1.165, 1.54) is 0 Å². The highest BCUT2D eigenvalue weighted by atomic mass is 16.1. The molecule has 0 unspecified atom stereocenters. The predicted molar refractivity (Wildman–Crippen MR) is 82.0 cm³/mol. The third-order valence-corrected chi connectivity index (χ3v) is 3.37. The van der Waals surface area contributed by atoms with Crippen LogP contribution in [0.25, 0.3) is 10.9 Å². The molecule has 6 heteroatoms. The first-order valence-corrected chi connectivity index (χ1v) is 6.77. The van der Waals surface area contributed by atoms with E-state index in [-0.39, 0.29) is 5.91 Å². The van der Waals surface area contributed by atoms with Crippen molar-refractivity contribution >= 4 is 22.5 Å². The molecule has 3 aromatic rings. The number of H-pyrrole nitrogens is 1. The average Bonchev–Trinajstić information content (AvgIpc) is 3.06. The average molecular weight is 283 g/mol. The van der Waals surface area contributed by atoms with Gasteiger partial charge in [0.25, 0.3) is 5.91 Å². The summed E-state index contributed by atoms with van der Waals surface area (Å²) in [6.07, 6.45) is 2.59. The number of nitrogens with one attached hydrogen (secondary N) is 2. The molecule has 1 aromatic carbocycles. The van der Waals surface area contributed by atoms with Crippen LogP contribution in [0, 0.1) is 0 Å². The van der Waals surface area contributed by atoms with Gasteiger partial charge in [0.15, 0.2) is 0 Å². The van der Waals surface area contributed by atoms with Crippen molar-refractivity contribution in [1.29, 1.82) is 0 Å². The summed E-state index contributed by atoms with van der Waals surface area (Å²) in [6.45, 7) is 0.542. The van der Waals surface area contributed by atoms with E-state index in [9.17, 15) is 4.79 Å². The Bertz CT molecular complexity index is 786. The number of rotatable bonds is 4. The standard InChI is InChI=1S/C15H17N5O/c1-20-8-6-11(19-20)5-7-17-15(21)13-9-10-3-2-4-12(16)14(10)18-13/h2-4,6,8-9,18H,5,7,16H2,1H3,(H,17,21). The van der Waals surface area contributed by atoms with Gasteiger partial charge >= 0.3 is 0 Å². The lowest BCUT2D eigenvalue weighted by Crippen LogP contribution is -2.26. The Morgan fingerprint density at radius 3 is 3.00 bits per heavy atom. The van der Waals surface area contributed by atoms with Gasteiger partial charge in [-0.2, -0.15) is 5.10 Å². The van der Waals surface area contributed by atoms with Crippen LogP contribution in [0.5, 0.6) is 0 Å². The van der Waals surface area contributed by atoms with Crippen molar-refractivity contribution in [2.45, 2.75) is 6.42 Å². The lowest BCUT2D eigenvalue weighted by Gasteiger charge is -2.01. The molecule has 0 saturated heterocycles.